The van der Waals surface area contributed by atoms with Crippen molar-refractivity contribution in [1.29, 1.82) is 0 Å². The van der Waals surface area contributed by atoms with Crippen molar-refractivity contribution >= 4 is 29.9 Å². The van der Waals surface area contributed by atoms with Crippen LogP contribution in [-0.4, -0.2) is 70.1 Å². The summed E-state index contributed by atoms with van der Waals surface area (Å²) >= 11 is 0. The third-order valence-electron chi connectivity index (χ3n) is 5.07. The third kappa shape index (κ3) is 9.39. The summed E-state index contributed by atoms with van der Waals surface area (Å²) in [5.41, 5.74) is 1.25. The number of aliphatic imine (C=N–C) groups is 1. The number of piperidine rings is 1. The van der Waals surface area contributed by atoms with Crippen molar-refractivity contribution in [3.05, 3.63) is 29.8 Å². The van der Waals surface area contributed by atoms with E-state index in [2.05, 4.69) is 43.1 Å². The maximum absolute atomic E-state index is 6.01. The second-order valence-corrected chi connectivity index (χ2v) is 7.68. The zero-order valence-corrected chi connectivity index (χ0v) is 21.4. The molecule has 0 atom stereocenters. The minimum atomic E-state index is 0. The molecule has 6 nitrogen and oxygen atoms in total. The summed E-state index contributed by atoms with van der Waals surface area (Å²) in [5, 5.41) is 3.42. The molecule has 2 rings (SSSR count). The van der Waals surface area contributed by atoms with E-state index in [4.69, 9.17) is 19.2 Å². The van der Waals surface area contributed by atoms with Crippen LogP contribution >= 0.6 is 24.0 Å². The first-order chi connectivity index (χ1) is 14.2. The molecule has 1 N–H and O–H groups in total. The SMILES string of the molecule is CCNC(=NCCOc1ccccc1C(C)C)N1CCC(OCCCOC)CC1.I. The van der Waals surface area contributed by atoms with Crippen LogP contribution in [0.2, 0.25) is 0 Å². The van der Waals surface area contributed by atoms with Gasteiger partial charge in [0.25, 0.3) is 0 Å². The van der Waals surface area contributed by atoms with Gasteiger partial charge in [0.15, 0.2) is 5.96 Å². The number of nitrogens with zero attached hydrogens (tertiary/aromatic N) is 2. The highest BCUT2D eigenvalue weighted by atomic mass is 127. The predicted molar refractivity (Wildman–Crippen MR) is 134 cm³/mol. The van der Waals surface area contributed by atoms with E-state index in [1.165, 1.54) is 5.56 Å². The number of rotatable bonds is 11. The topological polar surface area (TPSA) is 55.3 Å². The molecule has 1 aromatic rings. The van der Waals surface area contributed by atoms with Crippen LogP contribution in [0, 0.1) is 0 Å². The van der Waals surface area contributed by atoms with E-state index in [0.717, 1.165) is 63.8 Å². The van der Waals surface area contributed by atoms with Crippen LogP contribution < -0.4 is 10.1 Å². The van der Waals surface area contributed by atoms with Crippen molar-refractivity contribution in [3.63, 3.8) is 0 Å². The molecule has 7 heteroatoms. The number of halogens is 1. The minimum Gasteiger partial charge on any atom is -0.491 e. The van der Waals surface area contributed by atoms with E-state index in [-0.39, 0.29) is 24.0 Å². The zero-order chi connectivity index (χ0) is 20.9. The summed E-state index contributed by atoms with van der Waals surface area (Å²) < 4.78 is 17.1. The second kappa shape index (κ2) is 15.7. The van der Waals surface area contributed by atoms with E-state index in [1.54, 1.807) is 7.11 Å². The highest BCUT2D eigenvalue weighted by Gasteiger charge is 2.21. The van der Waals surface area contributed by atoms with Crippen LogP contribution in [0.1, 0.15) is 51.5 Å². The highest BCUT2D eigenvalue weighted by Crippen LogP contribution is 2.25. The monoisotopic (exact) mass is 533 g/mol. The maximum atomic E-state index is 6.01. The fourth-order valence-corrected chi connectivity index (χ4v) is 3.51. The predicted octanol–water partition coefficient (Wildman–Crippen LogP) is 4.29. The van der Waals surface area contributed by atoms with Crippen LogP contribution in [0.15, 0.2) is 29.3 Å². The summed E-state index contributed by atoms with van der Waals surface area (Å²) in [4.78, 5) is 7.12. The lowest BCUT2D eigenvalue weighted by Crippen LogP contribution is -2.47. The minimum absolute atomic E-state index is 0. The molecule has 172 valence electrons. The van der Waals surface area contributed by atoms with Gasteiger partial charge in [0.05, 0.1) is 12.6 Å². The molecule has 0 radical (unpaired) electrons. The summed E-state index contributed by atoms with van der Waals surface area (Å²) in [6.07, 6.45) is 3.38. The molecule has 1 aliphatic rings. The molecule has 1 aliphatic heterocycles. The average Bonchev–Trinajstić information content (AvgIpc) is 2.74. The van der Waals surface area contributed by atoms with Crippen LogP contribution in [0.25, 0.3) is 0 Å². The van der Waals surface area contributed by atoms with Gasteiger partial charge in [-0.3, -0.25) is 0 Å². The smallest absolute Gasteiger partial charge is 0.194 e. The van der Waals surface area contributed by atoms with Gasteiger partial charge in [-0.15, -0.1) is 24.0 Å². The first-order valence-electron chi connectivity index (χ1n) is 11.0. The molecular weight excluding hydrogens is 493 g/mol. The van der Waals surface area contributed by atoms with E-state index < -0.39 is 0 Å². The molecule has 0 saturated carbocycles. The number of para-hydroxylation sites is 1. The van der Waals surface area contributed by atoms with Gasteiger partial charge in [0, 0.05) is 40.0 Å². The van der Waals surface area contributed by atoms with Gasteiger partial charge >= 0.3 is 0 Å². The van der Waals surface area contributed by atoms with E-state index in [9.17, 15) is 0 Å². The van der Waals surface area contributed by atoms with Crippen molar-refractivity contribution < 1.29 is 14.2 Å². The van der Waals surface area contributed by atoms with Crippen LogP contribution in [0.5, 0.6) is 5.75 Å². The fraction of sp³-hybridized carbons (Fsp3) is 0.696. The molecule has 30 heavy (non-hydrogen) atoms. The summed E-state index contributed by atoms with van der Waals surface area (Å²) in [5.74, 6) is 2.39. The number of benzene rings is 1. The van der Waals surface area contributed by atoms with Crippen molar-refractivity contribution in [1.82, 2.24) is 10.2 Å². The number of methoxy groups -OCH3 is 1. The molecule has 0 aliphatic carbocycles. The lowest BCUT2D eigenvalue weighted by atomic mass is 10.0. The largest absolute Gasteiger partial charge is 0.491 e. The number of likely N-dealkylation sites (tertiary alicyclic amines) is 1. The standard InChI is InChI=1S/C23H39N3O3.HI/c1-5-24-23(26-14-11-20(12-15-26)28-17-8-16-27-4)25-13-18-29-22-10-7-6-9-21(22)19(2)3;/h6-7,9-10,19-20H,5,8,11-18H2,1-4H3,(H,24,25);1H. The Morgan fingerprint density at radius 1 is 1.17 bits per heavy atom. The Balaban J connectivity index is 0.00000450. The normalized spacial score (nSPS) is 15.2. The van der Waals surface area contributed by atoms with Crippen molar-refractivity contribution in [2.24, 2.45) is 4.99 Å². The Labute approximate surface area is 199 Å². The van der Waals surface area contributed by atoms with Gasteiger partial charge in [-0.2, -0.15) is 0 Å². The molecule has 1 saturated heterocycles. The maximum Gasteiger partial charge on any atom is 0.194 e. The van der Waals surface area contributed by atoms with Crippen molar-refractivity contribution in [2.45, 2.75) is 52.1 Å². The first-order valence-corrected chi connectivity index (χ1v) is 11.0. The van der Waals surface area contributed by atoms with Gasteiger partial charge in [-0.05, 0) is 43.7 Å². The van der Waals surface area contributed by atoms with Gasteiger partial charge in [0.2, 0.25) is 0 Å². The molecule has 1 heterocycles. The van der Waals surface area contributed by atoms with Gasteiger partial charge < -0.3 is 24.4 Å². The molecule has 0 bridgehead atoms. The fourth-order valence-electron chi connectivity index (χ4n) is 3.51. The van der Waals surface area contributed by atoms with Crippen LogP contribution in [-0.2, 0) is 9.47 Å². The van der Waals surface area contributed by atoms with Crippen LogP contribution in [0.4, 0.5) is 0 Å². The van der Waals surface area contributed by atoms with Gasteiger partial charge in [-0.25, -0.2) is 4.99 Å². The van der Waals surface area contributed by atoms with Crippen molar-refractivity contribution in [2.75, 3.05) is 53.1 Å². The number of ether oxygens (including phenoxy) is 3. The Morgan fingerprint density at radius 2 is 1.90 bits per heavy atom. The summed E-state index contributed by atoms with van der Waals surface area (Å²) in [7, 11) is 1.73. The Hall–Kier alpha value is -1.06. The average molecular weight is 533 g/mol. The zero-order valence-electron chi connectivity index (χ0n) is 19.1. The van der Waals surface area contributed by atoms with Crippen LogP contribution in [0.3, 0.4) is 0 Å². The highest BCUT2D eigenvalue weighted by molar-refractivity contribution is 14.0. The Morgan fingerprint density at radius 3 is 2.57 bits per heavy atom. The lowest BCUT2D eigenvalue weighted by Gasteiger charge is -2.34. The molecule has 1 fully saturated rings. The Kier molecular flexibility index (Phi) is 14.1. The molecule has 0 unspecified atom stereocenters. The number of guanidine groups is 1. The summed E-state index contributed by atoms with van der Waals surface area (Å²) in [6.45, 7) is 12.1. The van der Waals surface area contributed by atoms with Crippen molar-refractivity contribution in [3.8, 4) is 5.75 Å². The first kappa shape index (κ1) is 27.0. The third-order valence-corrected chi connectivity index (χ3v) is 5.07. The molecule has 1 aromatic carbocycles. The molecular formula is C23H40IN3O3. The lowest BCUT2D eigenvalue weighted by molar-refractivity contribution is 0.00989. The Bertz CT molecular complexity index is 605. The summed E-state index contributed by atoms with van der Waals surface area (Å²) in [6, 6.07) is 8.26. The number of hydrogen-bond acceptors (Lipinski definition) is 4. The van der Waals surface area contributed by atoms with E-state index in [1.807, 2.05) is 12.1 Å². The van der Waals surface area contributed by atoms with Gasteiger partial charge in [0.1, 0.15) is 12.4 Å². The quantitative estimate of drug-likeness (QED) is 0.199. The van der Waals surface area contributed by atoms with E-state index in [0.29, 0.717) is 25.2 Å². The molecule has 0 aromatic heterocycles. The molecule has 0 amide bonds. The van der Waals surface area contributed by atoms with Gasteiger partial charge in [-0.1, -0.05) is 32.0 Å². The van der Waals surface area contributed by atoms with E-state index >= 15 is 0 Å². The second-order valence-electron chi connectivity index (χ2n) is 7.68. The number of nitrogens with one attached hydrogen (secondary N) is 1. The molecule has 0 spiro atoms. The number of hydrogen-bond donors (Lipinski definition) is 1.